The first-order valence-corrected chi connectivity index (χ1v) is 7.22. The number of halogens is 3. The van der Waals surface area contributed by atoms with Gasteiger partial charge in [-0.25, -0.2) is 0 Å². The van der Waals surface area contributed by atoms with Gasteiger partial charge in [0, 0.05) is 28.5 Å². The average Bonchev–Trinajstić information content (AvgIpc) is 2.43. The molecule has 0 aliphatic rings. The summed E-state index contributed by atoms with van der Waals surface area (Å²) in [6.45, 7) is 0. The van der Waals surface area contributed by atoms with E-state index in [1.165, 1.54) is 0 Å². The van der Waals surface area contributed by atoms with Crippen molar-refractivity contribution in [2.45, 2.75) is 18.9 Å². The normalized spacial score (nSPS) is 12.4. The van der Waals surface area contributed by atoms with Crippen LogP contribution in [0.2, 0.25) is 15.1 Å². The summed E-state index contributed by atoms with van der Waals surface area (Å²) >= 11 is 18.2. The van der Waals surface area contributed by atoms with Crippen LogP contribution in [-0.4, -0.2) is 11.0 Å². The third-order valence-electron chi connectivity index (χ3n) is 3.04. The topological polar surface area (TPSA) is 50.9 Å². The Labute approximate surface area is 133 Å². The van der Waals surface area contributed by atoms with E-state index in [0.29, 0.717) is 27.9 Å². The fourth-order valence-electron chi connectivity index (χ4n) is 1.98. The molecule has 0 saturated heterocycles. The molecule has 1 heterocycles. The molecule has 1 unspecified atom stereocenters. The molecule has 0 radical (unpaired) electrons. The number of nitrogens with zero attached hydrogens (tertiary/aromatic N) is 1. The summed E-state index contributed by atoms with van der Waals surface area (Å²) in [5.41, 5.74) is 4.78. The molecule has 1 atom stereocenters. The Bertz CT molecular complexity index is 590. The average molecular weight is 331 g/mol. The van der Waals surface area contributed by atoms with Gasteiger partial charge in [0.1, 0.15) is 0 Å². The molecule has 0 saturated carbocycles. The molecule has 106 valence electrons. The number of rotatable bonds is 5. The Morgan fingerprint density at radius 2 is 1.75 bits per heavy atom. The Kier molecular flexibility index (Phi) is 5.64. The molecule has 2 aromatic rings. The van der Waals surface area contributed by atoms with Crippen LogP contribution in [-0.2, 0) is 12.8 Å². The minimum atomic E-state index is 0.0218. The summed E-state index contributed by atoms with van der Waals surface area (Å²) in [5.74, 6) is 5.62. The molecule has 1 aromatic carbocycles. The van der Waals surface area contributed by atoms with E-state index in [9.17, 15) is 0 Å². The van der Waals surface area contributed by atoms with Gasteiger partial charge in [0.25, 0.3) is 0 Å². The van der Waals surface area contributed by atoms with Crippen LogP contribution < -0.4 is 11.3 Å². The molecule has 2 rings (SSSR count). The van der Waals surface area contributed by atoms with Gasteiger partial charge in [-0.2, -0.15) is 0 Å². The van der Waals surface area contributed by atoms with E-state index in [1.807, 2.05) is 18.2 Å². The molecule has 20 heavy (non-hydrogen) atoms. The second-order valence-corrected chi connectivity index (χ2v) is 5.73. The third-order valence-corrected chi connectivity index (χ3v) is 3.97. The van der Waals surface area contributed by atoms with Crippen molar-refractivity contribution < 1.29 is 0 Å². The van der Waals surface area contributed by atoms with Crippen molar-refractivity contribution in [3.05, 3.63) is 62.9 Å². The van der Waals surface area contributed by atoms with Gasteiger partial charge in [0.05, 0.1) is 5.02 Å². The van der Waals surface area contributed by atoms with Gasteiger partial charge in [0.15, 0.2) is 0 Å². The van der Waals surface area contributed by atoms with E-state index >= 15 is 0 Å². The van der Waals surface area contributed by atoms with Gasteiger partial charge in [0.2, 0.25) is 0 Å². The van der Waals surface area contributed by atoms with Crippen LogP contribution in [0.5, 0.6) is 0 Å². The van der Waals surface area contributed by atoms with Crippen LogP contribution in [0.15, 0.2) is 36.7 Å². The molecule has 6 heteroatoms. The molecular weight excluding hydrogens is 317 g/mol. The Balaban J connectivity index is 2.11. The number of aromatic nitrogens is 1. The summed E-state index contributed by atoms with van der Waals surface area (Å²) in [7, 11) is 0. The lowest BCUT2D eigenvalue weighted by Crippen LogP contribution is -2.38. The first-order chi connectivity index (χ1) is 9.60. The van der Waals surface area contributed by atoms with Crippen LogP contribution in [0.4, 0.5) is 0 Å². The lowest BCUT2D eigenvalue weighted by molar-refractivity contribution is 0.522. The Morgan fingerprint density at radius 1 is 1.05 bits per heavy atom. The van der Waals surface area contributed by atoms with Crippen LogP contribution in [0, 0.1) is 0 Å². The molecule has 0 bridgehead atoms. The SMILES string of the molecule is NNC(Cc1ccncc1Cl)Cc1ccc(Cl)cc1Cl. The smallest absolute Gasteiger partial charge is 0.0621 e. The maximum atomic E-state index is 6.18. The minimum absolute atomic E-state index is 0.0218. The molecule has 3 N–H and O–H groups in total. The van der Waals surface area contributed by atoms with Crippen molar-refractivity contribution in [2.75, 3.05) is 0 Å². The van der Waals surface area contributed by atoms with Crippen LogP contribution in [0.3, 0.4) is 0 Å². The van der Waals surface area contributed by atoms with E-state index in [0.717, 1.165) is 11.1 Å². The van der Waals surface area contributed by atoms with E-state index in [4.69, 9.17) is 40.6 Å². The predicted molar refractivity (Wildman–Crippen MR) is 84.2 cm³/mol. The van der Waals surface area contributed by atoms with Gasteiger partial charge in [-0.15, -0.1) is 0 Å². The first-order valence-electron chi connectivity index (χ1n) is 6.08. The van der Waals surface area contributed by atoms with Crippen molar-refractivity contribution in [3.63, 3.8) is 0 Å². The quantitative estimate of drug-likeness (QED) is 0.650. The molecule has 3 nitrogen and oxygen atoms in total. The van der Waals surface area contributed by atoms with E-state index in [-0.39, 0.29) is 6.04 Å². The van der Waals surface area contributed by atoms with E-state index in [2.05, 4.69) is 10.4 Å². The molecular formula is C14H14Cl3N3. The van der Waals surface area contributed by atoms with E-state index in [1.54, 1.807) is 18.5 Å². The van der Waals surface area contributed by atoms with Crippen molar-refractivity contribution >= 4 is 34.8 Å². The number of hydrogen-bond donors (Lipinski definition) is 2. The lowest BCUT2D eigenvalue weighted by Gasteiger charge is -2.17. The number of nitrogens with two attached hydrogens (primary N) is 1. The second kappa shape index (κ2) is 7.25. The lowest BCUT2D eigenvalue weighted by atomic mass is 10.00. The molecule has 0 aliphatic heterocycles. The van der Waals surface area contributed by atoms with Gasteiger partial charge < -0.3 is 0 Å². The molecule has 0 spiro atoms. The third kappa shape index (κ3) is 4.08. The van der Waals surface area contributed by atoms with Crippen LogP contribution >= 0.6 is 34.8 Å². The maximum absolute atomic E-state index is 6.18. The van der Waals surface area contributed by atoms with Gasteiger partial charge >= 0.3 is 0 Å². The zero-order valence-electron chi connectivity index (χ0n) is 10.6. The molecule has 0 aliphatic carbocycles. The largest absolute Gasteiger partial charge is 0.271 e. The summed E-state index contributed by atoms with van der Waals surface area (Å²) in [4.78, 5) is 3.97. The fourth-order valence-corrected chi connectivity index (χ4v) is 2.66. The van der Waals surface area contributed by atoms with Gasteiger partial charge in [-0.3, -0.25) is 16.3 Å². The number of benzene rings is 1. The molecule has 0 fully saturated rings. The highest BCUT2D eigenvalue weighted by atomic mass is 35.5. The monoisotopic (exact) mass is 329 g/mol. The molecule has 0 amide bonds. The van der Waals surface area contributed by atoms with Crippen molar-refractivity contribution in [2.24, 2.45) is 5.84 Å². The van der Waals surface area contributed by atoms with Crippen molar-refractivity contribution in [1.82, 2.24) is 10.4 Å². The standard InChI is InChI=1S/C14H14Cl3N3/c15-11-2-1-9(13(16)7-11)5-12(20-18)6-10-3-4-19-8-14(10)17/h1-4,7-8,12,20H,5-6,18H2. The zero-order chi connectivity index (χ0) is 14.5. The number of pyridine rings is 1. The Hall–Kier alpha value is -0.840. The van der Waals surface area contributed by atoms with Crippen LogP contribution in [0.1, 0.15) is 11.1 Å². The summed E-state index contributed by atoms with van der Waals surface area (Å²) < 4.78 is 0. The van der Waals surface area contributed by atoms with Gasteiger partial charge in [-0.05, 0) is 42.2 Å². The summed E-state index contributed by atoms with van der Waals surface area (Å²) in [6, 6.07) is 7.36. The summed E-state index contributed by atoms with van der Waals surface area (Å²) in [6.07, 6.45) is 4.71. The van der Waals surface area contributed by atoms with Crippen molar-refractivity contribution in [1.29, 1.82) is 0 Å². The predicted octanol–water partition coefficient (Wildman–Crippen LogP) is 3.66. The Morgan fingerprint density at radius 3 is 2.35 bits per heavy atom. The second-order valence-electron chi connectivity index (χ2n) is 4.47. The number of nitrogens with one attached hydrogen (secondary N) is 1. The number of hydrogen-bond acceptors (Lipinski definition) is 3. The zero-order valence-corrected chi connectivity index (χ0v) is 12.9. The maximum Gasteiger partial charge on any atom is 0.0621 e. The summed E-state index contributed by atoms with van der Waals surface area (Å²) in [5, 5.41) is 1.89. The minimum Gasteiger partial charge on any atom is -0.271 e. The fraction of sp³-hybridized carbons (Fsp3) is 0.214. The van der Waals surface area contributed by atoms with Crippen LogP contribution in [0.25, 0.3) is 0 Å². The number of hydrazine groups is 1. The molecule has 1 aromatic heterocycles. The first kappa shape index (κ1) is 15.5. The van der Waals surface area contributed by atoms with Gasteiger partial charge in [-0.1, -0.05) is 40.9 Å². The highest BCUT2D eigenvalue weighted by Gasteiger charge is 2.13. The van der Waals surface area contributed by atoms with Crippen molar-refractivity contribution in [3.8, 4) is 0 Å². The van der Waals surface area contributed by atoms with E-state index < -0.39 is 0 Å². The highest BCUT2D eigenvalue weighted by molar-refractivity contribution is 6.35. The highest BCUT2D eigenvalue weighted by Crippen LogP contribution is 2.23.